The number of amides is 1. The number of carbonyl (C=O) groups is 1. The van der Waals surface area contributed by atoms with E-state index in [4.69, 9.17) is 0 Å². The second kappa shape index (κ2) is 5.79. The zero-order valence-corrected chi connectivity index (χ0v) is 12.0. The molecule has 1 amide bonds. The minimum Gasteiger partial charge on any atom is -0.388 e. The Hall–Kier alpha value is -1.62. The number of carbonyl (C=O) groups excluding carboxylic acids is 1. The van der Waals surface area contributed by atoms with Crippen LogP contribution in [0.2, 0.25) is 0 Å². The van der Waals surface area contributed by atoms with Gasteiger partial charge in [0.1, 0.15) is 5.69 Å². The van der Waals surface area contributed by atoms with E-state index >= 15 is 0 Å². The third-order valence-electron chi connectivity index (χ3n) is 4.38. The molecule has 1 unspecified atom stereocenters. The van der Waals surface area contributed by atoms with Gasteiger partial charge in [-0.1, -0.05) is 0 Å². The molecule has 5 heteroatoms. The number of nitrogens with zero attached hydrogens (tertiary/aromatic N) is 3. The van der Waals surface area contributed by atoms with Gasteiger partial charge in [0.2, 0.25) is 0 Å². The summed E-state index contributed by atoms with van der Waals surface area (Å²) >= 11 is 0. The van der Waals surface area contributed by atoms with Crippen LogP contribution in [0.5, 0.6) is 0 Å². The van der Waals surface area contributed by atoms with Gasteiger partial charge < -0.3 is 10.2 Å². The molecule has 0 saturated carbocycles. The van der Waals surface area contributed by atoms with Crippen LogP contribution in [0.1, 0.15) is 29.8 Å². The van der Waals surface area contributed by atoms with E-state index in [1.807, 2.05) is 24.1 Å². The SMILES string of the molecule is CNc1ccnc(C(=O)N2CCC(N3CCCC3)C2)c1. The first-order valence-corrected chi connectivity index (χ1v) is 7.45. The second-order valence-corrected chi connectivity index (χ2v) is 5.62. The van der Waals surface area contributed by atoms with Crippen molar-refractivity contribution in [2.45, 2.75) is 25.3 Å². The zero-order chi connectivity index (χ0) is 13.9. The molecular formula is C15H22N4O. The van der Waals surface area contributed by atoms with Crippen molar-refractivity contribution in [2.24, 2.45) is 0 Å². The molecule has 2 saturated heterocycles. The molecule has 1 atom stereocenters. The Bertz CT molecular complexity index is 485. The van der Waals surface area contributed by atoms with Crippen molar-refractivity contribution in [3.8, 4) is 0 Å². The molecule has 0 radical (unpaired) electrons. The summed E-state index contributed by atoms with van der Waals surface area (Å²) in [4.78, 5) is 21.2. The summed E-state index contributed by atoms with van der Waals surface area (Å²) in [5.74, 6) is 0.0591. The number of nitrogens with one attached hydrogen (secondary N) is 1. The van der Waals surface area contributed by atoms with E-state index in [2.05, 4.69) is 15.2 Å². The summed E-state index contributed by atoms with van der Waals surface area (Å²) in [6, 6.07) is 4.24. The maximum atomic E-state index is 12.5. The summed E-state index contributed by atoms with van der Waals surface area (Å²) in [7, 11) is 1.85. The third-order valence-corrected chi connectivity index (χ3v) is 4.38. The molecule has 2 fully saturated rings. The van der Waals surface area contributed by atoms with E-state index in [1.165, 1.54) is 25.9 Å². The van der Waals surface area contributed by atoms with Crippen molar-refractivity contribution in [3.05, 3.63) is 24.0 Å². The Balaban J connectivity index is 1.65. The van der Waals surface area contributed by atoms with Crippen LogP contribution in [0.4, 0.5) is 5.69 Å². The van der Waals surface area contributed by atoms with Gasteiger partial charge in [-0.25, -0.2) is 0 Å². The van der Waals surface area contributed by atoms with Crippen LogP contribution >= 0.6 is 0 Å². The lowest BCUT2D eigenvalue weighted by Gasteiger charge is -2.23. The highest BCUT2D eigenvalue weighted by Gasteiger charge is 2.32. The molecule has 108 valence electrons. The average molecular weight is 274 g/mol. The molecule has 1 N–H and O–H groups in total. The fourth-order valence-electron chi connectivity index (χ4n) is 3.20. The quantitative estimate of drug-likeness (QED) is 0.906. The van der Waals surface area contributed by atoms with Crippen LogP contribution in [-0.2, 0) is 0 Å². The number of hydrogen-bond donors (Lipinski definition) is 1. The highest BCUT2D eigenvalue weighted by Crippen LogP contribution is 2.21. The van der Waals surface area contributed by atoms with Gasteiger partial charge in [-0.05, 0) is 44.5 Å². The van der Waals surface area contributed by atoms with Crippen LogP contribution < -0.4 is 5.32 Å². The first-order valence-electron chi connectivity index (χ1n) is 7.45. The molecule has 2 aliphatic rings. The number of hydrogen-bond acceptors (Lipinski definition) is 4. The van der Waals surface area contributed by atoms with E-state index in [1.54, 1.807) is 6.20 Å². The fourth-order valence-corrected chi connectivity index (χ4v) is 3.20. The van der Waals surface area contributed by atoms with Gasteiger partial charge in [0.15, 0.2) is 0 Å². The molecule has 0 aliphatic carbocycles. The number of likely N-dealkylation sites (tertiary alicyclic amines) is 2. The predicted molar refractivity (Wildman–Crippen MR) is 78.9 cm³/mol. The average Bonchev–Trinajstić information content (AvgIpc) is 3.17. The summed E-state index contributed by atoms with van der Waals surface area (Å²) < 4.78 is 0. The van der Waals surface area contributed by atoms with E-state index in [0.717, 1.165) is 25.2 Å². The fraction of sp³-hybridized carbons (Fsp3) is 0.600. The zero-order valence-electron chi connectivity index (χ0n) is 12.0. The lowest BCUT2D eigenvalue weighted by Crippen LogP contribution is -2.37. The Morgan fingerprint density at radius 2 is 2.15 bits per heavy atom. The maximum absolute atomic E-state index is 12.5. The summed E-state index contributed by atoms with van der Waals surface area (Å²) in [6.45, 7) is 4.09. The summed E-state index contributed by atoms with van der Waals surface area (Å²) in [6.07, 6.45) is 5.39. The van der Waals surface area contributed by atoms with E-state index in [-0.39, 0.29) is 5.91 Å². The largest absolute Gasteiger partial charge is 0.388 e. The van der Waals surface area contributed by atoms with Crippen LogP contribution in [0, 0.1) is 0 Å². The molecule has 20 heavy (non-hydrogen) atoms. The topological polar surface area (TPSA) is 48.5 Å². The molecule has 5 nitrogen and oxygen atoms in total. The van der Waals surface area contributed by atoms with Crippen molar-refractivity contribution in [3.63, 3.8) is 0 Å². The van der Waals surface area contributed by atoms with Gasteiger partial charge >= 0.3 is 0 Å². The van der Waals surface area contributed by atoms with Gasteiger partial charge in [-0.3, -0.25) is 14.7 Å². The highest BCUT2D eigenvalue weighted by atomic mass is 16.2. The number of rotatable bonds is 3. The molecule has 0 spiro atoms. The molecule has 0 aromatic carbocycles. The predicted octanol–water partition coefficient (Wildman–Crippen LogP) is 1.43. The lowest BCUT2D eigenvalue weighted by molar-refractivity contribution is 0.0774. The van der Waals surface area contributed by atoms with E-state index in [9.17, 15) is 4.79 Å². The Morgan fingerprint density at radius 1 is 1.35 bits per heavy atom. The third kappa shape index (κ3) is 2.63. The molecule has 2 aliphatic heterocycles. The van der Waals surface area contributed by atoms with Crippen LogP contribution in [0.3, 0.4) is 0 Å². The number of pyridine rings is 1. The minimum atomic E-state index is 0.0591. The summed E-state index contributed by atoms with van der Waals surface area (Å²) in [5, 5.41) is 3.05. The molecule has 0 bridgehead atoms. The summed E-state index contributed by atoms with van der Waals surface area (Å²) in [5.41, 5.74) is 1.47. The van der Waals surface area contributed by atoms with E-state index < -0.39 is 0 Å². The first-order chi connectivity index (χ1) is 9.78. The standard InChI is InChI=1S/C15H22N4O/c1-16-12-4-6-17-14(10-12)15(20)19-9-5-13(11-19)18-7-2-3-8-18/h4,6,10,13H,2-3,5,7-9,11H2,1H3,(H,16,17). The Morgan fingerprint density at radius 3 is 2.90 bits per heavy atom. The van der Waals surface area contributed by atoms with Gasteiger partial charge in [0.05, 0.1) is 0 Å². The molecule has 1 aromatic heterocycles. The van der Waals surface area contributed by atoms with E-state index in [0.29, 0.717) is 11.7 Å². The first kappa shape index (κ1) is 13.4. The molecule has 1 aromatic rings. The van der Waals surface area contributed by atoms with Gasteiger partial charge in [0, 0.05) is 38.1 Å². The highest BCUT2D eigenvalue weighted by molar-refractivity contribution is 5.93. The lowest BCUT2D eigenvalue weighted by atomic mass is 10.2. The van der Waals surface area contributed by atoms with Crippen LogP contribution in [-0.4, -0.2) is 60.0 Å². The minimum absolute atomic E-state index is 0.0591. The van der Waals surface area contributed by atoms with Crippen molar-refractivity contribution >= 4 is 11.6 Å². The van der Waals surface area contributed by atoms with Crippen molar-refractivity contribution < 1.29 is 4.79 Å². The van der Waals surface area contributed by atoms with Crippen molar-refractivity contribution in [1.29, 1.82) is 0 Å². The second-order valence-electron chi connectivity index (χ2n) is 5.62. The maximum Gasteiger partial charge on any atom is 0.272 e. The Labute approximate surface area is 120 Å². The molecular weight excluding hydrogens is 252 g/mol. The number of aromatic nitrogens is 1. The number of anilines is 1. The monoisotopic (exact) mass is 274 g/mol. The van der Waals surface area contributed by atoms with Crippen LogP contribution in [0.25, 0.3) is 0 Å². The molecule has 3 heterocycles. The van der Waals surface area contributed by atoms with Crippen molar-refractivity contribution in [1.82, 2.24) is 14.8 Å². The Kier molecular flexibility index (Phi) is 3.87. The van der Waals surface area contributed by atoms with Crippen LogP contribution in [0.15, 0.2) is 18.3 Å². The normalized spacial score (nSPS) is 23.2. The van der Waals surface area contributed by atoms with Gasteiger partial charge in [-0.2, -0.15) is 0 Å². The molecule has 3 rings (SSSR count). The smallest absolute Gasteiger partial charge is 0.272 e. The van der Waals surface area contributed by atoms with Gasteiger partial charge in [-0.15, -0.1) is 0 Å². The van der Waals surface area contributed by atoms with Gasteiger partial charge in [0.25, 0.3) is 5.91 Å². The van der Waals surface area contributed by atoms with Crippen molar-refractivity contribution in [2.75, 3.05) is 38.5 Å².